The van der Waals surface area contributed by atoms with E-state index in [0.717, 1.165) is 28.8 Å². The number of alkyl halides is 3. The fraction of sp³-hybridized carbons (Fsp3) is 0.296. The second-order valence-corrected chi connectivity index (χ2v) is 8.89. The summed E-state index contributed by atoms with van der Waals surface area (Å²) in [6.45, 7) is 4.46. The summed E-state index contributed by atoms with van der Waals surface area (Å²) in [6, 6.07) is 8.78. The molecule has 1 saturated heterocycles. The zero-order valence-electron chi connectivity index (χ0n) is 20.2. The van der Waals surface area contributed by atoms with Crippen molar-refractivity contribution in [3.8, 4) is 17.1 Å². The first-order chi connectivity index (χ1) is 18.2. The Balaban J connectivity index is 1.70. The average molecular weight is 533 g/mol. The summed E-state index contributed by atoms with van der Waals surface area (Å²) in [5.74, 6) is -1.78. The molecule has 1 aliphatic rings. The standard InChI is InChI=1S/C27H25F5N4O2/c1-2-3-23(37)33-18-10-12-35(13-11-18)22-15-24(38)36(19-7-4-16(5-8-19)25(30)26(31)32)27(34-22)20-9-6-17(28)14-21(20)29/h2,4-9,14-15,18,25-26H,1,3,10-13H2,(H,33,37). The number of piperidine rings is 1. The summed E-state index contributed by atoms with van der Waals surface area (Å²) in [4.78, 5) is 31.5. The van der Waals surface area contributed by atoms with Crippen molar-refractivity contribution in [2.75, 3.05) is 18.0 Å². The van der Waals surface area contributed by atoms with Gasteiger partial charge >= 0.3 is 0 Å². The molecule has 0 bridgehead atoms. The van der Waals surface area contributed by atoms with Crippen molar-refractivity contribution in [3.63, 3.8) is 0 Å². The zero-order chi connectivity index (χ0) is 27.4. The number of aromatic nitrogens is 2. The maximum absolute atomic E-state index is 14.8. The Hall–Kier alpha value is -4.02. The van der Waals surface area contributed by atoms with Crippen LogP contribution in [0, 0.1) is 11.6 Å². The van der Waals surface area contributed by atoms with E-state index in [0.29, 0.717) is 32.0 Å². The number of carbonyl (C=O) groups is 1. The zero-order valence-corrected chi connectivity index (χ0v) is 20.2. The molecule has 6 nitrogen and oxygen atoms in total. The molecular formula is C27H25F5N4O2. The van der Waals surface area contributed by atoms with Crippen LogP contribution in [0.3, 0.4) is 0 Å². The van der Waals surface area contributed by atoms with E-state index < -0.39 is 29.8 Å². The van der Waals surface area contributed by atoms with Gasteiger partial charge in [0.15, 0.2) is 12.0 Å². The number of hydrogen-bond acceptors (Lipinski definition) is 4. The molecule has 1 atom stereocenters. The first-order valence-electron chi connectivity index (χ1n) is 11.9. The third kappa shape index (κ3) is 5.92. The normalized spacial score (nSPS) is 14.9. The molecule has 0 saturated carbocycles. The van der Waals surface area contributed by atoms with Gasteiger partial charge in [-0.3, -0.25) is 14.2 Å². The lowest BCUT2D eigenvalue weighted by molar-refractivity contribution is -0.121. The van der Waals surface area contributed by atoms with E-state index in [1.807, 2.05) is 4.90 Å². The molecule has 1 aliphatic heterocycles. The minimum absolute atomic E-state index is 0.0563. The van der Waals surface area contributed by atoms with Gasteiger partial charge in [0, 0.05) is 37.7 Å². The Morgan fingerprint density at radius 2 is 1.76 bits per heavy atom. The van der Waals surface area contributed by atoms with E-state index >= 15 is 0 Å². The van der Waals surface area contributed by atoms with E-state index in [2.05, 4.69) is 16.9 Å². The molecule has 1 aromatic heterocycles. The average Bonchev–Trinajstić information content (AvgIpc) is 2.88. The van der Waals surface area contributed by atoms with Crippen LogP contribution < -0.4 is 15.8 Å². The van der Waals surface area contributed by atoms with Gasteiger partial charge in [-0.25, -0.2) is 26.9 Å². The number of hydrogen-bond donors (Lipinski definition) is 1. The predicted octanol–water partition coefficient (Wildman–Crippen LogP) is 5.11. The number of nitrogens with zero attached hydrogens (tertiary/aromatic N) is 3. The molecule has 3 aromatic rings. The van der Waals surface area contributed by atoms with Gasteiger partial charge in [-0.15, -0.1) is 6.58 Å². The van der Waals surface area contributed by atoms with Crippen LogP contribution in [-0.2, 0) is 4.79 Å². The Kier molecular flexibility index (Phi) is 8.23. The van der Waals surface area contributed by atoms with Gasteiger partial charge in [0.25, 0.3) is 12.0 Å². The van der Waals surface area contributed by atoms with E-state index in [4.69, 9.17) is 0 Å². The summed E-state index contributed by atoms with van der Waals surface area (Å²) in [7, 11) is 0. The molecule has 2 heterocycles. The molecule has 1 unspecified atom stereocenters. The number of halogens is 5. The van der Waals surface area contributed by atoms with Gasteiger partial charge in [-0.2, -0.15) is 0 Å². The van der Waals surface area contributed by atoms with Crippen LogP contribution in [0.2, 0.25) is 0 Å². The molecule has 2 aromatic carbocycles. The summed E-state index contributed by atoms with van der Waals surface area (Å²) in [6.07, 6.45) is -2.82. The lowest BCUT2D eigenvalue weighted by Crippen LogP contribution is -2.45. The van der Waals surface area contributed by atoms with Crippen LogP contribution in [0.4, 0.5) is 27.8 Å². The third-order valence-electron chi connectivity index (χ3n) is 6.28. The number of nitrogens with one attached hydrogen (secondary N) is 1. The van der Waals surface area contributed by atoms with Crippen molar-refractivity contribution >= 4 is 11.7 Å². The molecule has 0 aliphatic carbocycles. The van der Waals surface area contributed by atoms with Gasteiger partial charge in [-0.05, 0) is 42.7 Å². The van der Waals surface area contributed by atoms with Crippen LogP contribution in [0.5, 0.6) is 0 Å². The Labute approximate surface area is 215 Å². The van der Waals surface area contributed by atoms with Crippen molar-refractivity contribution in [2.24, 2.45) is 0 Å². The van der Waals surface area contributed by atoms with E-state index in [1.54, 1.807) is 0 Å². The van der Waals surface area contributed by atoms with Gasteiger partial charge in [-0.1, -0.05) is 18.2 Å². The molecule has 1 N–H and O–H groups in total. The molecular weight excluding hydrogens is 507 g/mol. The molecule has 38 heavy (non-hydrogen) atoms. The first-order valence-corrected chi connectivity index (χ1v) is 11.9. The summed E-state index contributed by atoms with van der Waals surface area (Å²) >= 11 is 0. The quantitative estimate of drug-likeness (QED) is 0.323. The third-order valence-corrected chi connectivity index (χ3v) is 6.28. The fourth-order valence-corrected chi connectivity index (χ4v) is 4.36. The summed E-state index contributed by atoms with van der Waals surface area (Å²) in [5.41, 5.74) is -0.897. The monoisotopic (exact) mass is 532 g/mol. The van der Waals surface area contributed by atoms with Gasteiger partial charge in [0.1, 0.15) is 17.5 Å². The van der Waals surface area contributed by atoms with Crippen LogP contribution in [0.15, 0.2) is 66.0 Å². The molecule has 1 fully saturated rings. The number of anilines is 1. The maximum Gasteiger partial charge on any atom is 0.273 e. The van der Waals surface area contributed by atoms with Crippen LogP contribution in [0.25, 0.3) is 17.1 Å². The molecule has 11 heteroatoms. The van der Waals surface area contributed by atoms with Crippen molar-refractivity contribution in [1.29, 1.82) is 0 Å². The molecule has 4 rings (SSSR count). The second kappa shape index (κ2) is 11.6. The Morgan fingerprint density at radius 3 is 2.37 bits per heavy atom. The van der Waals surface area contributed by atoms with E-state index in [-0.39, 0.29) is 46.8 Å². The first kappa shape index (κ1) is 27.0. The number of rotatable bonds is 8. The molecule has 200 valence electrons. The van der Waals surface area contributed by atoms with Crippen LogP contribution >= 0.6 is 0 Å². The summed E-state index contributed by atoms with van der Waals surface area (Å²) in [5, 5.41) is 2.92. The maximum atomic E-state index is 14.8. The summed E-state index contributed by atoms with van der Waals surface area (Å²) < 4.78 is 68.8. The lowest BCUT2D eigenvalue weighted by Gasteiger charge is -2.33. The van der Waals surface area contributed by atoms with Crippen LogP contribution in [-0.4, -0.2) is 41.0 Å². The Bertz CT molecular complexity index is 1370. The predicted molar refractivity (Wildman–Crippen MR) is 133 cm³/mol. The fourth-order valence-electron chi connectivity index (χ4n) is 4.36. The largest absolute Gasteiger partial charge is 0.356 e. The highest BCUT2D eigenvalue weighted by molar-refractivity contribution is 5.77. The van der Waals surface area contributed by atoms with Crippen molar-refractivity contribution in [1.82, 2.24) is 14.9 Å². The molecule has 0 radical (unpaired) electrons. The van der Waals surface area contributed by atoms with Gasteiger partial charge in [0.05, 0.1) is 11.3 Å². The lowest BCUT2D eigenvalue weighted by atomic mass is 10.0. The van der Waals surface area contributed by atoms with Crippen molar-refractivity contribution in [3.05, 3.63) is 88.7 Å². The topological polar surface area (TPSA) is 67.2 Å². The number of carbonyl (C=O) groups excluding carboxylic acids is 1. The smallest absolute Gasteiger partial charge is 0.273 e. The molecule has 1 amide bonds. The SMILES string of the molecule is C=CCC(=O)NC1CCN(c2cc(=O)n(-c3ccc(C(F)C(F)F)cc3)c(-c3ccc(F)cc3F)n2)CC1. The minimum Gasteiger partial charge on any atom is -0.356 e. The number of benzene rings is 2. The van der Waals surface area contributed by atoms with Gasteiger partial charge in [0.2, 0.25) is 5.91 Å². The highest BCUT2D eigenvalue weighted by Crippen LogP contribution is 2.29. The van der Waals surface area contributed by atoms with Crippen molar-refractivity contribution in [2.45, 2.75) is 37.9 Å². The van der Waals surface area contributed by atoms with E-state index in [1.165, 1.54) is 24.3 Å². The number of amides is 1. The highest BCUT2D eigenvalue weighted by Gasteiger charge is 2.25. The van der Waals surface area contributed by atoms with E-state index in [9.17, 15) is 31.5 Å². The second-order valence-electron chi connectivity index (χ2n) is 8.89. The molecule has 0 spiro atoms. The van der Waals surface area contributed by atoms with Gasteiger partial charge < -0.3 is 10.2 Å². The van der Waals surface area contributed by atoms with Crippen LogP contribution in [0.1, 0.15) is 31.0 Å². The van der Waals surface area contributed by atoms with Crippen molar-refractivity contribution < 1.29 is 26.7 Å². The highest BCUT2D eigenvalue weighted by atomic mass is 19.3. The Morgan fingerprint density at radius 1 is 1.08 bits per heavy atom. The minimum atomic E-state index is -3.21.